The Morgan fingerprint density at radius 2 is 2.31 bits per heavy atom. The van der Waals surface area contributed by atoms with Gasteiger partial charge in [0.25, 0.3) is 0 Å². The lowest BCUT2D eigenvalue weighted by atomic mass is 10.3. The van der Waals surface area contributed by atoms with Gasteiger partial charge in [0, 0.05) is 11.9 Å². The summed E-state index contributed by atoms with van der Waals surface area (Å²) in [5.74, 6) is 0. The summed E-state index contributed by atoms with van der Waals surface area (Å²) in [6.07, 6.45) is 0.579. The first kappa shape index (κ1) is 8.46. The first-order valence-corrected chi connectivity index (χ1v) is 5.06. The van der Waals surface area contributed by atoms with Crippen molar-refractivity contribution in [1.82, 2.24) is 0 Å². The number of thioether (sulfide) groups is 1. The fourth-order valence-electron chi connectivity index (χ4n) is 1.49. The molecule has 0 saturated heterocycles. The molecule has 2 rings (SSSR count). The average Bonchev–Trinajstić information content (AvgIpc) is 2.46. The van der Waals surface area contributed by atoms with Gasteiger partial charge in [-0.3, -0.25) is 0 Å². The van der Waals surface area contributed by atoms with E-state index in [1.54, 1.807) is 11.8 Å². The Bertz CT molecular complexity index is 356. The minimum absolute atomic E-state index is 0.294. The van der Waals surface area contributed by atoms with Crippen molar-refractivity contribution in [2.75, 3.05) is 11.9 Å². The number of rotatable bonds is 1. The van der Waals surface area contributed by atoms with E-state index < -0.39 is 0 Å². The molecule has 0 saturated carbocycles. The lowest BCUT2D eigenvalue weighted by Gasteiger charge is -2.18. The van der Waals surface area contributed by atoms with Crippen LogP contribution in [0.3, 0.4) is 0 Å². The molecule has 1 aliphatic rings. The standard InChI is InChI=1S/C10H10N2S/c1-12-8-4-2-3-5-9(8)13-10(12)6-7-11/h2-5,10H,6H2,1H3. The summed E-state index contributed by atoms with van der Waals surface area (Å²) in [6, 6.07) is 10.5. The van der Waals surface area contributed by atoms with E-state index in [0.29, 0.717) is 11.8 Å². The van der Waals surface area contributed by atoms with Gasteiger partial charge in [-0.05, 0) is 12.1 Å². The van der Waals surface area contributed by atoms with Crippen molar-refractivity contribution < 1.29 is 0 Å². The monoisotopic (exact) mass is 190 g/mol. The van der Waals surface area contributed by atoms with Gasteiger partial charge in [-0.25, -0.2) is 0 Å². The highest BCUT2D eigenvalue weighted by Crippen LogP contribution is 2.42. The van der Waals surface area contributed by atoms with E-state index in [1.165, 1.54) is 10.6 Å². The molecule has 1 atom stereocenters. The molecular weight excluding hydrogens is 180 g/mol. The maximum absolute atomic E-state index is 8.63. The van der Waals surface area contributed by atoms with Crippen LogP contribution in [0.2, 0.25) is 0 Å². The quantitative estimate of drug-likeness (QED) is 0.680. The summed E-state index contributed by atoms with van der Waals surface area (Å²) in [5.41, 5.74) is 1.24. The van der Waals surface area contributed by atoms with Crippen molar-refractivity contribution in [2.24, 2.45) is 0 Å². The smallest absolute Gasteiger partial charge is 0.0924 e. The van der Waals surface area contributed by atoms with Crippen LogP contribution in [0.15, 0.2) is 29.2 Å². The van der Waals surface area contributed by atoms with Crippen LogP contribution in [-0.2, 0) is 0 Å². The molecule has 0 aliphatic carbocycles. The number of anilines is 1. The van der Waals surface area contributed by atoms with Gasteiger partial charge in [-0.15, -0.1) is 0 Å². The maximum Gasteiger partial charge on any atom is 0.0924 e. The van der Waals surface area contributed by atoms with E-state index in [1.807, 2.05) is 19.2 Å². The van der Waals surface area contributed by atoms with Crippen molar-refractivity contribution in [3.63, 3.8) is 0 Å². The summed E-state index contributed by atoms with van der Waals surface area (Å²) in [6.45, 7) is 0. The van der Waals surface area contributed by atoms with E-state index in [2.05, 4.69) is 23.1 Å². The van der Waals surface area contributed by atoms with Gasteiger partial charge in [0.2, 0.25) is 0 Å². The van der Waals surface area contributed by atoms with E-state index in [4.69, 9.17) is 5.26 Å². The molecule has 13 heavy (non-hydrogen) atoms. The summed E-state index contributed by atoms with van der Waals surface area (Å²) in [4.78, 5) is 3.45. The molecule has 0 N–H and O–H groups in total. The molecule has 0 spiro atoms. The van der Waals surface area contributed by atoms with E-state index in [-0.39, 0.29) is 0 Å². The predicted molar refractivity (Wildman–Crippen MR) is 54.7 cm³/mol. The van der Waals surface area contributed by atoms with Crippen LogP contribution in [0.4, 0.5) is 5.69 Å². The number of nitrogens with zero attached hydrogens (tertiary/aromatic N) is 2. The Hall–Kier alpha value is -1.14. The molecule has 66 valence electrons. The normalized spacial score (nSPS) is 19.7. The Labute approximate surface area is 82.2 Å². The van der Waals surface area contributed by atoms with Crippen LogP contribution in [-0.4, -0.2) is 12.4 Å². The fraction of sp³-hybridized carbons (Fsp3) is 0.300. The topological polar surface area (TPSA) is 27.0 Å². The van der Waals surface area contributed by atoms with Crippen molar-refractivity contribution in [2.45, 2.75) is 16.7 Å². The molecular formula is C10H10N2S. The average molecular weight is 190 g/mol. The zero-order valence-electron chi connectivity index (χ0n) is 7.40. The highest BCUT2D eigenvalue weighted by molar-refractivity contribution is 8.00. The van der Waals surface area contributed by atoms with Crippen molar-refractivity contribution in [1.29, 1.82) is 5.26 Å². The third kappa shape index (κ3) is 1.38. The summed E-state index contributed by atoms with van der Waals surface area (Å²) in [5, 5.41) is 8.93. The molecule has 1 aromatic carbocycles. The zero-order chi connectivity index (χ0) is 9.26. The SMILES string of the molecule is CN1c2ccccc2SC1CC#N. The lowest BCUT2D eigenvalue weighted by molar-refractivity contribution is 0.860. The van der Waals surface area contributed by atoms with Crippen molar-refractivity contribution in [3.05, 3.63) is 24.3 Å². The second-order valence-electron chi connectivity index (χ2n) is 3.01. The van der Waals surface area contributed by atoms with E-state index in [0.717, 1.165) is 0 Å². The third-order valence-electron chi connectivity index (χ3n) is 2.21. The van der Waals surface area contributed by atoms with Crippen LogP contribution in [0.1, 0.15) is 6.42 Å². The summed E-state index contributed by atoms with van der Waals surface area (Å²) >= 11 is 1.77. The number of hydrogen-bond donors (Lipinski definition) is 0. The minimum atomic E-state index is 0.294. The highest BCUT2D eigenvalue weighted by atomic mass is 32.2. The van der Waals surface area contributed by atoms with Gasteiger partial charge in [-0.2, -0.15) is 5.26 Å². The minimum Gasteiger partial charge on any atom is -0.360 e. The summed E-state index contributed by atoms with van der Waals surface area (Å²) < 4.78 is 0. The summed E-state index contributed by atoms with van der Waals surface area (Å²) in [7, 11) is 2.04. The Balaban J connectivity index is 2.28. The molecule has 0 fully saturated rings. The molecule has 0 aromatic heterocycles. The largest absolute Gasteiger partial charge is 0.360 e. The Morgan fingerprint density at radius 3 is 3.00 bits per heavy atom. The molecule has 1 aromatic rings. The predicted octanol–water partition coefficient (Wildman–Crippen LogP) is 2.47. The molecule has 1 heterocycles. The maximum atomic E-state index is 8.63. The number of benzene rings is 1. The van der Waals surface area contributed by atoms with E-state index in [9.17, 15) is 0 Å². The first-order chi connectivity index (χ1) is 6.33. The zero-order valence-corrected chi connectivity index (χ0v) is 8.21. The van der Waals surface area contributed by atoms with E-state index >= 15 is 0 Å². The molecule has 0 bridgehead atoms. The van der Waals surface area contributed by atoms with Crippen LogP contribution in [0, 0.1) is 11.3 Å². The molecule has 3 heteroatoms. The number of nitriles is 1. The molecule has 0 amide bonds. The third-order valence-corrected chi connectivity index (χ3v) is 3.56. The van der Waals surface area contributed by atoms with Crippen molar-refractivity contribution >= 4 is 17.4 Å². The second kappa shape index (κ2) is 3.31. The van der Waals surface area contributed by atoms with Gasteiger partial charge in [0.1, 0.15) is 0 Å². The molecule has 0 radical (unpaired) electrons. The van der Waals surface area contributed by atoms with Crippen LogP contribution < -0.4 is 4.90 Å². The van der Waals surface area contributed by atoms with Gasteiger partial charge < -0.3 is 4.90 Å². The van der Waals surface area contributed by atoms with Gasteiger partial charge in [-0.1, -0.05) is 23.9 Å². The number of hydrogen-bond acceptors (Lipinski definition) is 3. The van der Waals surface area contributed by atoms with Gasteiger partial charge in [0.15, 0.2) is 0 Å². The highest BCUT2D eigenvalue weighted by Gasteiger charge is 2.25. The molecule has 1 unspecified atom stereocenters. The second-order valence-corrected chi connectivity index (χ2v) is 4.23. The van der Waals surface area contributed by atoms with Gasteiger partial charge in [0.05, 0.1) is 23.6 Å². The van der Waals surface area contributed by atoms with Crippen LogP contribution in [0.5, 0.6) is 0 Å². The number of para-hydroxylation sites is 1. The first-order valence-electron chi connectivity index (χ1n) is 4.18. The number of fused-ring (bicyclic) bond motifs is 1. The lowest BCUT2D eigenvalue weighted by Crippen LogP contribution is -2.23. The fourth-order valence-corrected chi connectivity index (χ4v) is 2.70. The molecule has 2 nitrogen and oxygen atoms in total. The Morgan fingerprint density at radius 1 is 1.54 bits per heavy atom. The van der Waals surface area contributed by atoms with Crippen molar-refractivity contribution in [3.8, 4) is 6.07 Å². The molecule has 1 aliphatic heterocycles. The Kier molecular flexibility index (Phi) is 2.15. The van der Waals surface area contributed by atoms with Crippen LogP contribution in [0.25, 0.3) is 0 Å². The van der Waals surface area contributed by atoms with Gasteiger partial charge >= 0.3 is 0 Å². The van der Waals surface area contributed by atoms with Crippen LogP contribution >= 0.6 is 11.8 Å².